The Hall–Kier alpha value is -1.06. The predicted molar refractivity (Wildman–Crippen MR) is 63.5 cm³/mol. The van der Waals surface area contributed by atoms with Gasteiger partial charge in [-0.05, 0) is 33.1 Å². The van der Waals surface area contributed by atoms with Crippen LogP contribution in [0.3, 0.4) is 0 Å². The highest BCUT2D eigenvalue weighted by molar-refractivity contribution is 5.78. The molecule has 2 bridgehead atoms. The van der Waals surface area contributed by atoms with Gasteiger partial charge in [-0.2, -0.15) is 0 Å². The fraction of sp³-hybridized carbons (Fsp3) is 0.857. The van der Waals surface area contributed by atoms with Crippen molar-refractivity contribution < 1.29 is 19.1 Å². The van der Waals surface area contributed by atoms with E-state index in [0.29, 0.717) is 5.92 Å². The fourth-order valence-corrected chi connectivity index (χ4v) is 3.54. The highest BCUT2D eigenvalue weighted by Crippen LogP contribution is 2.55. The van der Waals surface area contributed by atoms with Crippen molar-refractivity contribution in [2.75, 3.05) is 0 Å². The first-order valence-corrected chi connectivity index (χ1v) is 6.85. The summed E-state index contributed by atoms with van der Waals surface area (Å²) in [7, 11) is 0. The van der Waals surface area contributed by atoms with Crippen LogP contribution in [-0.4, -0.2) is 24.1 Å². The van der Waals surface area contributed by atoms with Gasteiger partial charge in [0, 0.05) is 11.8 Å². The lowest BCUT2D eigenvalue weighted by atomic mass is 9.89. The zero-order valence-corrected chi connectivity index (χ0v) is 11.1. The van der Waals surface area contributed by atoms with Gasteiger partial charge in [0.05, 0.1) is 11.3 Å². The van der Waals surface area contributed by atoms with Crippen LogP contribution in [0.25, 0.3) is 0 Å². The van der Waals surface area contributed by atoms with Crippen molar-refractivity contribution in [2.45, 2.75) is 52.2 Å². The minimum Gasteiger partial charge on any atom is -0.462 e. The molecule has 0 radical (unpaired) electrons. The molecule has 2 aliphatic carbocycles. The van der Waals surface area contributed by atoms with Crippen LogP contribution in [0.5, 0.6) is 0 Å². The maximum atomic E-state index is 12.1. The van der Waals surface area contributed by atoms with Crippen molar-refractivity contribution in [3.05, 3.63) is 0 Å². The fourth-order valence-electron chi connectivity index (χ4n) is 3.54. The minimum atomic E-state index is -0.439. The van der Waals surface area contributed by atoms with Crippen molar-refractivity contribution in [3.8, 4) is 0 Å². The van der Waals surface area contributed by atoms with E-state index in [2.05, 4.69) is 0 Å². The molecular weight excluding hydrogens is 232 g/mol. The Morgan fingerprint density at radius 2 is 2.17 bits per heavy atom. The summed E-state index contributed by atoms with van der Waals surface area (Å²) in [6.45, 7) is 5.80. The third-order valence-corrected chi connectivity index (χ3v) is 5.08. The first-order chi connectivity index (χ1) is 8.44. The first-order valence-electron chi connectivity index (χ1n) is 6.85. The van der Waals surface area contributed by atoms with Crippen molar-refractivity contribution in [1.29, 1.82) is 0 Å². The Bertz CT molecular complexity index is 401. The number of rotatable bonds is 3. The summed E-state index contributed by atoms with van der Waals surface area (Å²) in [4.78, 5) is 23.8. The van der Waals surface area contributed by atoms with E-state index < -0.39 is 5.41 Å². The van der Waals surface area contributed by atoms with Crippen LogP contribution < -0.4 is 0 Å². The van der Waals surface area contributed by atoms with E-state index >= 15 is 0 Å². The van der Waals surface area contributed by atoms with Crippen LogP contribution in [-0.2, 0) is 19.1 Å². The van der Waals surface area contributed by atoms with Crippen LogP contribution in [0.1, 0.15) is 40.0 Å². The number of fused-ring (bicyclic) bond motifs is 1. The highest BCUT2D eigenvalue weighted by atomic mass is 16.6. The average Bonchev–Trinajstić information content (AvgIpc) is 2.88. The summed E-state index contributed by atoms with van der Waals surface area (Å²) >= 11 is 0. The van der Waals surface area contributed by atoms with Gasteiger partial charge >= 0.3 is 11.9 Å². The van der Waals surface area contributed by atoms with Crippen LogP contribution in [0.15, 0.2) is 0 Å². The van der Waals surface area contributed by atoms with Gasteiger partial charge in [0.25, 0.3) is 0 Å². The first kappa shape index (κ1) is 12.0. The molecule has 5 atom stereocenters. The molecule has 4 heteroatoms. The second-order valence-electron chi connectivity index (χ2n) is 6.50. The van der Waals surface area contributed by atoms with Gasteiger partial charge in [-0.15, -0.1) is 0 Å². The molecule has 0 amide bonds. The highest BCUT2D eigenvalue weighted by Gasteiger charge is 2.64. The van der Waals surface area contributed by atoms with Crippen molar-refractivity contribution in [1.82, 2.24) is 0 Å². The molecule has 5 unspecified atom stereocenters. The van der Waals surface area contributed by atoms with Crippen LogP contribution in [0, 0.1) is 23.2 Å². The van der Waals surface area contributed by atoms with Crippen molar-refractivity contribution in [2.24, 2.45) is 23.2 Å². The summed E-state index contributed by atoms with van der Waals surface area (Å²) in [6.07, 6.45) is 2.38. The lowest BCUT2D eigenvalue weighted by Gasteiger charge is -2.25. The van der Waals surface area contributed by atoms with Crippen LogP contribution >= 0.6 is 0 Å². The molecular formula is C14H20O4. The summed E-state index contributed by atoms with van der Waals surface area (Å²) in [5, 5.41) is 0. The Morgan fingerprint density at radius 3 is 2.78 bits per heavy atom. The van der Waals surface area contributed by atoms with Crippen molar-refractivity contribution >= 4 is 11.9 Å². The molecule has 1 heterocycles. The zero-order chi connectivity index (χ0) is 13.1. The molecule has 3 fully saturated rings. The van der Waals surface area contributed by atoms with E-state index in [9.17, 15) is 9.59 Å². The van der Waals surface area contributed by atoms with Gasteiger partial charge in [0.15, 0.2) is 0 Å². The molecule has 1 saturated heterocycles. The van der Waals surface area contributed by atoms with Crippen LogP contribution in [0.4, 0.5) is 0 Å². The molecule has 3 rings (SSSR count). The maximum Gasteiger partial charge on any atom is 0.311 e. The predicted octanol–water partition coefficient (Wildman–Crippen LogP) is 1.92. The molecule has 0 aromatic heterocycles. The number of carbonyl (C=O) groups excluding carboxylic acids is 2. The van der Waals surface area contributed by atoms with Crippen LogP contribution in [0.2, 0.25) is 0 Å². The summed E-state index contributed by atoms with van der Waals surface area (Å²) in [6, 6.07) is 0. The lowest BCUT2D eigenvalue weighted by molar-refractivity contribution is -0.162. The lowest BCUT2D eigenvalue weighted by Crippen LogP contribution is -2.33. The van der Waals surface area contributed by atoms with E-state index in [1.165, 1.54) is 0 Å². The standard InChI is InChI=1S/C14H20O4/c1-4-14(2,3)13(16)18-11-7-5-8-10(11)9(6-7)17-12(8)15/h7-11H,4-6H2,1-3H3. The molecule has 0 aromatic carbocycles. The zero-order valence-electron chi connectivity index (χ0n) is 11.1. The molecule has 2 saturated carbocycles. The summed E-state index contributed by atoms with van der Waals surface area (Å²) < 4.78 is 11.0. The minimum absolute atomic E-state index is 0.00351. The second-order valence-corrected chi connectivity index (χ2v) is 6.50. The number of hydrogen-bond acceptors (Lipinski definition) is 4. The SMILES string of the molecule is CCC(C)(C)C(=O)OC1C2CC3OC(=O)C(C2)C31. The third kappa shape index (κ3) is 1.50. The quantitative estimate of drug-likeness (QED) is 0.720. The van der Waals surface area contributed by atoms with Gasteiger partial charge in [-0.3, -0.25) is 9.59 Å². The molecule has 0 spiro atoms. The Labute approximate surface area is 107 Å². The van der Waals surface area contributed by atoms with Gasteiger partial charge in [0.2, 0.25) is 0 Å². The topological polar surface area (TPSA) is 52.6 Å². The molecule has 4 nitrogen and oxygen atoms in total. The largest absolute Gasteiger partial charge is 0.462 e. The Morgan fingerprint density at radius 1 is 1.44 bits per heavy atom. The number of hydrogen-bond donors (Lipinski definition) is 0. The monoisotopic (exact) mass is 252 g/mol. The molecule has 0 aromatic rings. The van der Waals surface area contributed by atoms with E-state index in [0.717, 1.165) is 19.3 Å². The number of carbonyl (C=O) groups is 2. The van der Waals surface area contributed by atoms with Gasteiger partial charge < -0.3 is 9.47 Å². The third-order valence-electron chi connectivity index (χ3n) is 5.08. The summed E-state index contributed by atoms with van der Waals surface area (Å²) in [5.74, 6) is 0.213. The van der Waals surface area contributed by atoms with E-state index in [4.69, 9.17) is 9.47 Å². The molecule has 18 heavy (non-hydrogen) atoms. The Balaban J connectivity index is 1.73. The summed E-state index contributed by atoms with van der Waals surface area (Å²) in [5.41, 5.74) is -0.439. The average molecular weight is 252 g/mol. The van der Waals surface area contributed by atoms with Gasteiger partial charge in [-0.1, -0.05) is 6.92 Å². The van der Waals surface area contributed by atoms with E-state index in [1.54, 1.807) is 0 Å². The molecule has 1 aliphatic heterocycles. The van der Waals surface area contributed by atoms with E-state index in [1.807, 2.05) is 20.8 Å². The second kappa shape index (κ2) is 3.72. The molecule has 3 aliphatic rings. The number of esters is 2. The molecule has 100 valence electrons. The normalized spacial score (nSPS) is 41.1. The number of ether oxygens (including phenoxy) is 2. The van der Waals surface area contributed by atoms with Gasteiger partial charge in [0.1, 0.15) is 12.2 Å². The molecule has 0 N–H and O–H groups in total. The maximum absolute atomic E-state index is 12.1. The van der Waals surface area contributed by atoms with E-state index in [-0.39, 0.29) is 36.0 Å². The van der Waals surface area contributed by atoms with Gasteiger partial charge in [-0.25, -0.2) is 0 Å². The smallest absolute Gasteiger partial charge is 0.311 e. The van der Waals surface area contributed by atoms with Crippen molar-refractivity contribution in [3.63, 3.8) is 0 Å². The Kier molecular flexibility index (Phi) is 2.48.